The van der Waals surface area contributed by atoms with E-state index in [4.69, 9.17) is 4.74 Å². The zero-order valence-electron chi connectivity index (χ0n) is 20.3. The minimum Gasteiger partial charge on any atom is -0.432 e. The van der Waals surface area contributed by atoms with E-state index in [-0.39, 0.29) is 24.3 Å². The van der Waals surface area contributed by atoms with E-state index in [2.05, 4.69) is 19.1 Å². The first-order valence-electron chi connectivity index (χ1n) is 12.6. The maximum absolute atomic E-state index is 14.9. The van der Waals surface area contributed by atoms with Crippen molar-refractivity contribution < 1.29 is 26.7 Å². The van der Waals surface area contributed by atoms with Crippen LogP contribution >= 0.6 is 0 Å². The fourth-order valence-electron chi connectivity index (χ4n) is 5.31. The Kier molecular flexibility index (Phi) is 7.87. The summed E-state index contributed by atoms with van der Waals surface area (Å²) in [6.07, 6.45) is 7.69. The van der Waals surface area contributed by atoms with Crippen LogP contribution in [0.5, 0.6) is 5.75 Å². The molecule has 190 valence electrons. The number of allylic oxidation sites excluding steroid dienone is 2. The number of ether oxygens (including phenoxy) is 1. The lowest BCUT2D eigenvalue weighted by atomic mass is 9.79. The second-order valence-corrected chi connectivity index (χ2v) is 10.4. The van der Waals surface area contributed by atoms with Crippen LogP contribution in [-0.4, -0.2) is 6.11 Å². The van der Waals surface area contributed by atoms with Crippen molar-refractivity contribution in [3.05, 3.63) is 65.5 Å². The zero-order chi connectivity index (χ0) is 25.2. The first-order valence-corrected chi connectivity index (χ1v) is 12.6. The Bertz CT molecular complexity index is 1020. The SMILES string of the molecule is Cc1ccc(-c2c(F)cc(OC(F)(F)C3CCC(/C=C/C4CCC(C)CC4)CC3)cc2F)cc1F. The third-order valence-electron chi connectivity index (χ3n) is 7.69. The number of aryl methyl sites for hydroxylation is 1. The molecule has 0 aliphatic heterocycles. The summed E-state index contributed by atoms with van der Waals surface area (Å²) in [5.74, 6) is -2.68. The first-order chi connectivity index (χ1) is 16.6. The summed E-state index contributed by atoms with van der Waals surface area (Å²) in [5, 5.41) is 0. The molecule has 2 aromatic rings. The van der Waals surface area contributed by atoms with Crippen LogP contribution < -0.4 is 4.74 Å². The molecule has 35 heavy (non-hydrogen) atoms. The van der Waals surface area contributed by atoms with Gasteiger partial charge in [-0.3, -0.25) is 0 Å². The molecule has 0 bridgehead atoms. The largest absolute Gasteiger partial charge is 0.432 e. The second-order valence-electron chi connectivity index (χ2n) is 10.4. The van der Waals surface area contributed by atoms with Crippen LogP contribution in [0.15, 0.2) is 42.5 Å². The summed E-state index contributed by atoms with van der Waals surface area (Å²) in [7, 11) is 0. The van der Waals surface area contributed by atoms with E-state index in [0.29, 0.717) is 24.3 Å². The molecule has 2 aliphatic rings. The highest BCUT2D eigenvalue weighted by molar-refractivity contribution is 5.66. The van der Waals surface area contributed by atoms with Crippen molar-refractivity contribution in [3.63, 3.8) is 0 Å². The number of benzene rings is 2. The lowest BCUT2D eigenvalue weighted by Crippen LogP contribution is -2.37. The third kappa shape index (κ3) is 6.25. The van der Waals surface area contributed by atoms with Crippen molar-refractivity contribution in [1.29, 1.82) is 0 Å². The third-order valence-corrected chi connectivity index (χ3v) is 7.69. The van der Waals surface area contributed by atoms with E-state index >= 15 is 0 Å². The quantitative estimate of drug-likeness (QED) is 0.288. The zero-order valence-corrected chi connectivity index (χ0v) is 20.3. The van der Waals surface area contributed by atoms with Crippen molar-refractivity contribution in [1.82, 2.24) is 0 Å². The van der Waals surface area contributed by atoms with Crippen LogP contribution in [0.3, 0.4) is 0 Å². The molecule has 2 aromatic carbocycles. The van der Waals surface area contributed by atoms with Crippen molar-refractivity contribution in [3.8, 4) is 16.9 Å². The van der Waals surface area contributed by atoms with Crippen LogP contribution in [0.2, 0.25) is 0 Å². The Hall–Kier alpha value is -2.37. The van der Waals surface area contributed by atoms with Gasteiger partial charge in [-0.1, -0.05) is 44.1 Å². The lowest BCUT2D eigenvalue weighted by Gasteiger charge is -2.32. The second kappa shape index (κ2) is 10.7. The van der Waals surface area contributed by atoms with Crippen molar-refractivity contribution in [2.75, 3.05) is 0 Å². The molecule has 2 saturated carbocycles. The van der Waals surface area contributed by atoms with Crippen molar-refractivity contribution in [2.24, 2.45) is 23.7 Å². The van der Waals surface area contributed by atoms with E-state index in [1.54, 1.807) is 0 Å². The molecule has 0 heterocycles. The number of rotatable bonds is 6. The molecular weight excluding hydrogens is 459 g/mol. The fourth-order valence-corrected chi connectivity index (χ4v) is 5.31. The van der Waals surface area contributed by atoms with Gasteiger partial charge in [-0.05, 0) is 80.4 Å². The van der Waals surface area contributed by atoms with Gasteiger partial charge in [0.15, 0.2) is 0 Å². The smallest absolute Gasteiger partial charge is 0.400 e. The van der Waals surface area contributed by atoms with Gasteiger partial charge in [0, 0.05) is 12.1 Å². The number of hydrogen-bond donors (Lipinski definition) is 0. The molecule has 0 N–H and O–H groups in total. The summed E-state index contributed by atoms with van der Waals surface area (Å²) in [6, 6.07) is 5.29. The van der Waals surface area contributed by atoms with E-state index in [0.717, 1.165) is 24.1 Å². The number of halogens is 5. The summed E-state index contributed by atoms with van der Waals surface area (Å²) < 4.78 is 77.8. The van der Waals surface area contributed by atoms with Crippen LogP contribution in [-0.2, 0) is 0 Å². The van der Waals surface area contributed by atoms with Gasteiger partial charge in [0.25, 0.3) is 0 Å². The van der Waals surface area contributed by atoms with Gasteiger partial charge in [-0.25, -0.2) is 13.2 Å². The van der Waals surface area contributed by atoms with E-state index in [1.807, 2.05) is 0 Å². The Morgan fingerprint density at radius 1 is 0.771 bits per heavy atom. The van der Waals surface area contributed by atoms with E-state index in [1.165, 1.54) is 44.7 Å². The van der Waals surface area contributed by atoms with Gasteiger partial charge >= 0.3 is 6.11 Å². The highest BCUT2D eigenvalue weighted by atomic mass is 19.3. The van der Waals surface area contributed by atoms with Gasteiger partial charge < -0.3 is 4.74 Å². The lowest BCUT2D eigenvalue weighted by molar-refractivity contribution is -0.223. The average molecular weight is 493 g/mol. The van der Waals surface area contributed by atoms with Crippen LogP contribution in [0.4, 0.5) is 22.0 Å². The molecule has 1 nitrogen and oxygen atoms in total. The predicted molar refractivity (Wildman–Crippen MR) is 128 cm³/mol. The van der Waals surface area contributed by atoms with Gasteiger partial charge in [-0.2, -0.15) is 8.78 Å². The van der Waals surface area contributed by atoms with Gasteiger partial charge in [0.05, 0.1) is 11.5 Å². The molecule has 0 spiro atoms. The molecule has 0 unspecified atom stereocenters. The molecule has 2 fully saturated rings. The van der Waals surface area contributed by atoms with Gasteiger partial charge in [-0.15, -0.1) is 0 Å². The normalized spacial score (nSPS) is 25.7. The van der Waals surface area contributed by atoms with Gasteiger partial charge in [0.2, 0.25) is 0 Å². The molecule has 0 aromatic heterocycles. The topological polar surface area (TPSA) is 9.23 Å². The molecule has 4 rings (SSSR count). The summed E-state index contributed by atoms with van der Waals surface area (Å²) in [4.78, 5) is 0. The number of hydrogen-bond acceptors (Lipinski definition) is 1. The molecule has 0 saturated heterocycles. The minimum absolute atomic E-state index is 0.00414. The standard InChI is InChI=1S/C29H33F5O/c1-18-3-6-20(7-4-18)8-9-21-10-13-23(14-11-21)29(33,34)35-24-16-26(31)28(27(32)17-24)22-12-5-19(2)25(30)15-22/h5,8-9,12,15-18,20-21,23H,3-4,6-7,10-11,13-14H2,1-2H3/b9-8+. The van der Waals surface area contributed by atoms with E-state index < -0.39 is 40.8 Å². The minimum atomic E-state index is -3.54. The summed E-state index contributed by atoms with van der Waals surface area (Å²) >= 11 is 0. The summed E-state index contributed by atoms with van der Waals surface area (Å²) in [6.45, 7) is 3.82. The van der Waals surface area contributed by atoms with E-state index in [9.17, 15) is 22.0 Å². The first kappa shape index (κ1) is 25.7. The maximum Gasteiger partial charge on any atom is 0.400 e. The monoisotopic (exact) mass is 492 g/mol. The van der Waals surface area contributed by atoms with Crippen LogP contribution in [0.25, 0.3) is 11.1 Å². The Labute approximate surface area is 204 Å². The van der Waals surface area contributed by atoms with Crippen molar-refractivity contribution in [2.45, 2.75) is 71.3 Å². The maximum atomic E-state index is 14.9. The highest BCUT2D eigenvalue weighted by Gasteiger charge is 2.44. The average Bonchev–Trinajstić information content (AvgIpc) is 2.80. The molecule has 0 atom stereocenters. The van der Waals surface area contributed by atoms with Crippen LogP contribution in [0.1, 0.15) is 63.9 Å². The summed E-state index contributed by atoms with van der Waals surface area (Å²) in [5.41, 5.74) is -0.141. The molecular formula is C29H33F5O. The number of alkyl halides is 2. The Balaban J connectivity index is 1.37. The highest BCUT2D eigenvalue weighted by Crippen LogP contribution is 2.42. The Morgan fingerprint density at radius 2 is 1.31 bits per heavy atom. The molecule has 0 radical (unpaired) electrons. The molecule has 0 amide bonds. The predicted octanol–water partition coefficient (Wildman–Crippen LogP) is 9.24. The van der Waals surface area contributed by atoms with Crippen molar-refractivity contribution >= 4 is 0 Å². The fraction of sp³-hybridized carbons (Fsp3) is 0.517. The molecule has 6 heteroatoms. The molecule has 2 aliphatic carbocycles. The van der Waals surface area contributed by atoms with Crippen LogP contribution in [0, 0.1) is 48.0 Å². The van der Waals surface area contributed by atoms with Gasteiger partial charge in [0.1, 0.15) is 23.2 Å². The Morgan fingerprint density at radius 3 is 1.86 bits per heavy atom.